The number of carbonyl (C=O) groups excluding carboxylic acids is 1. The maximum absolute atomic E-state index is 11.7. The lowest BCUT2D eigenvalue weighted by Gasteiger charge is -2.35. The van der Waals surface area contributed by atoms with Crippen LogP contribution >= 0.6 is 0 Å². The summed E-state index contributed by atoms with van der Waals surface area (Å²) in [4.78, 5) is 11.7. The summed E-state index contributed by atoms with van der Waals surface area (Å²) < 4.78 is 0. The molecule has 0 N–H and O–H groups in total. The number of hydrogen-bond donors (Lipinski definition) is 0. The molecule has 0 heterocycles. The Labute approximate surface area is 88.3 Å². The Hall–Kier alpha value is -0.330. The fourth-order valence-corrected chi connectivity index (χ4v) is 2.67. The molecule has 0 aromatic rings. The summed E-state index contributed by atoms with van der Waals surface area (Å²) in [5.74, 6) is 3.00. The normalized spacial score (nSPS) is 33.4. The maximum Gasteiger partial charge on any atom is 0.135 e. The fourth-order valence-electron chi connectivity index (χ4n) is 2.67. The molecule has 14 heavy (non-hydrogen) atoms. The second-order valence-corrected chi connectivity index (χ2v) is 5.22. The Morgan fingerprint density at radius 2 is 2.00 bits per heavy atom. The Morgan fingerprint density at radius 3 is 2.50 bits per heavy atom. The highest BCUT2D eigenvalue weighted by Crippen LogP contribution is 2.38. The first-order valence-electron chi connectivity index (χ1n) is 6.09. The lowest BCUT2D eigenvalue weighted by molar-refractivity contribution is -0.125. The molecular weight excluding hydrogens is 172 g/mol. The van der Waals surface area contributed by atoms with Crippen molar-refractivity contribution in [1.29, 1.82) is 0 Å². The molecule has 0 spiro atoms. The molecule has 3 atom stereocenters. The molecule has 1 saturated carbocycles. The van der Waals surface area contributed by atoms with Gasteiger partial charge in [0.15, 0.2) is 0 Å². The number of Topliss-reactive ketones (excluding diaryl/α,β-unsaturated/α-hetero) is 1. The van der Waals surface area contributed by atoms with Gasteiger partial charge in [0.05, 0.1) is 0 Å². The van der Waals surface area contributed by atoms with E-state index in [0.29, 0.717) is 17.6 Å². The van der Waals surface area contributed by atoms with E-state index >= 15 is 0 Å². The summed E-state index contributed by atoms with van der Waals surface area (Å²) >= 11 is 0. The van der Waals surface area contributed by atoms with Crippen LogP contribution < -0.4 is 0 Å². The summed E-state index contributed by atoms with van der Waals surface area (Å²) in [6, 6.07) is 0. The van der Waals surface area contributed by atoms with Crippen molar-refractivity contribution < 1.29 is 4.79 Å². The smallest absolute Gasteiger partial charge is 0.135 e. The van der Waals surface area contributed by atoms with E-state index in [-0.39, 0.29) is 0 Å². The van der Waals surface area contributed by atoms with Crippen molar-refractivity contribution in [3.8, 4) is 0 Å². The van der Waals surface area contributed by atoms with Crippen LogP contribution in [0.2, 0.25) is 0 Å². The Balaban J connectivity index is 2.59. The largest absolute Gasteiger partial charge is 0.299 e. The van der Waals surface area contributed by atoms with Gasteiger partial charge in [0, 0.05) is 12.3 Å². The van der Waals surface area contributed by atoms with Crippen molar-refractivity contribution in [3.63, 3.8) is 0 Å². The van der Waals surface area contributed by atoms with Gasteiger partial charge in [-0.3, -0.25) is 4.79 Å². The lowest BCUT2D eigenvalue weighted by Crippen LogP contribution is -2.31. The van der Waals surface area contributed by atoms with Crippen LogP contribution in [0, 0.1) is 23.7 Å². The first kappa shape index (κ1) is 11.7. The predicted molar refractivity (Wildman–Crippen MR) is 60.1 cm³/mol. The van der Waals surface area contributed by atoms with E-state index in [1.54, 1.807) is 0 Å². The third-order valence-corrected chi connectivity index (χ3v) is 3.94. The monoisotopic (exact) mass is 196 g/mol. The molecule has 1 aliphatic carbocycles. The minimum Gasteiger partial charge on any atom is -0.299 e. The Kier molecular flexibility index (Phi) is 4.15. The third kappa shape index (κ3) is 2.59. The van der Waals surface area contributed by atoms with Gasteiger partial charge in [-0.25, -0.2) is 0 Å². The highest BCUT2D eigenvalue weighted by Gasteiger charge is 2.32. The van der Waals surface area contributed by atoms with Gasteiger partial charge in [-0.1, -0.05) is 27.7 Å². The fraction of sp³-hybridized carbons (Fsp3) is 0.923. The maximum atomic E-state index is 11.7. The molecule has 0 aromatic carbocycles. The van der Waals surface area contributed by atoms with E-state index in [9.17, 15) is 4.79 Å². The molecule has 0 amide bonds. The molecule has 0 radical (unpaired) electrons. The van der Waals surface area contributed by atoms with Crippen molar-refractivity contribution in [2.45, 2.75) is 53.4 Å². The van der Waals surface area contributed by atoms with Crippen LogP contribution in [0.3, 0.4) is 0 Å². The number of hydrogen-bond acceptors (Lipinski definition) is 1. The third-order valence-electron chi connectivity index (χ3n) is 3.94. The van der Waals surface area contributed by atoms with Gasteiger partial charge in [-0.05, 0) is 37.0 Å². The Bertz CT molecular complexity index is 195. The second kappa shape index (κ2) is 4.95. The Morgan fingerprint density at radius 1 is 1.36 bits per heavy atom. The van der Waals surface area contributed by atoms with E-state index in [1.807, 2.05) is 6.92 Å². The average molecular weight is 196 g/mol. The van der Waals surface area contributed by atoms with Crippen LogP contribution in [0.1, 0.15) is 53.4 Å². The van der Waals surface area contributed by atoms with E-state index in [2.05, 4.69) is 20.8 Å². The molecule has 82 valence electrons. The van der Waals surface area contributed by atoms with Gasteiger partial charge < -0.3 is 0 Å². The van der Waals surface area contributed by atoms with Gasteiger partial charge in [0.1, 0.15) is 5.78 Å². The molecule has 0 aromatic heterocycles. The minimum absolute atomic E-state index is 0.362. The number of rotatable bonds is 3. The molecule has 1 rings (SSSR count). The van der Waals surface area contributed by atoms with Gasteiger partial charge in [0.2, 0.25) is 0 Å². The standard InChI is InChI=1S/C13H24O/c1-5-13(14)12-8-11(9(2)3)7-6-10(12)4/h9-12H,5-8H2,1-4H3/t10-,11+,12-/m1/s1. The van der Waals surface area contributed by atoms with Gasteiger partial charge in [-0.2, -0.15) is 0 Å². The predicted octanol–water partition coefficient (Wildman–Crippen LogP) is 3.67. The van der Waals surface area contributed by atoms with Crippen molar-refractivity contribution >= 4 is 5.78 Å². The summed E-state index contributed by atoms with van der Waals surface area (Å²) in [7, 11) is 0. The van der Waals surface area contributed by atoms with E-state index in [4.69, 9.17) is 0 Å². The van der Waals surface area contributed by atoms with E-state index in [1.165, 1.54) is 12.8 Å². The molecule has 1 heteroatoms. The molecule has 1 fully saturated rings. The quantitative estimate of drug-likeness (QED) is 0.673. The van der Waals surface area contributed by atoms with Crippen LogP contribution in [-0.4, -0.2) is 5.78 Å². The first-order chi connectivity index (χ1) is 6.56. The SMILES string of the molecule is CCC(=O)[C@@H]1C[C@@H](C(C)C)CC[C@H]1C. The van der Waals surface area contributed by atoms with Crippen molar-refractivity contribution in [3.05, 3.63) is 0 Å². The molecule has 0 bridgehead atoms. The van der Waals surface area contributed by atoms with Gasteiger partial charge in [0.25, 0.3) is 0 Å². The van der Waals surface area contributed by atoms with Gasteiger partial charge in [-0.15, -0.1) is 0 Å². The van der Waals surface area contributed by atoms with Crippen molar-refractivity contribution in [2.75, 3.05) is 0 Å². The molecule has 0 aliphatic heterocycles. The van der Waals surface area contributed by atoms with Crippen LogP contribution in [0.25, 0.3) is 0 Å². The molecule has 0 saturated heterocycles. The van der Waals surface area contributed by atoms with Crippen LogP contribution in [0.5, 0.6) is 0 Å². The zero-order valence-electron chi connectivity index (χ0n) is 10.0. The first-order valence-corrected chi connectivity index (χ1v) is 6.09. The highest BCUT2D eigenvalue weighted by atomic mass is 16.1. The molecule has 0 unspecified atom stereocenters. The average Bonchev–Trinajstić information content (AvgIpc) is 2.17. The summed E-state index contributed by atoms with van der Waals surface area (Å²) in [5.41, 5.74) is 0. The highest BCUT2D eigenvalue weighted by molar-refractivity contribution is 5.81. The van der Waals surface area contributed by atoms with Gasteiger partial charge >= 0.3 is 0 Å². The topological polar surface area (TPSA) is 17.1 Å². The van der Waals surface area contributed by atoms with Crippen LogP contribution in [0.4, 0.5) is 0 Å². The number of carbonyl (C=O) groups is 1. The van der Waals surface area contributed by atoms with Crippen LogP contribution in [-0.2, 0) is 4.79 Å². The number of ketones is 1. The van der Waals surface area contributed by atoms with Crippen LogP contribution in [0.15, 0.2) is 0 Å². The molecule has 1 aliphatic rings. The van der Waals surface area contributed by atoms with Crippen molar-refractivity contribution in [1.82, 2.24) is 0 Å². The van der Waals surface area contributed by atoms with Crippen molar-refractivity contribution in [2.24, 2.45) is 23.7 Å². The minimum atomic E-state index is 0.362. The zero-order chi connectivity index (χ0) is 10.7. The zero-order valence-corrected chi connectivity index (χ0v) is 10.0. The lowest BCUT2D eigenvalue weighted by atomic mass is 9.69. The molecular formula is C13H24O. The van der Waals surface area contributed by atoms with E-state index < -0.39 is 0 Å². The molecule has 1 nitrogen and oxygen atoms in total. The summed E-state index contributed by atoms with van der Waals surface area (Å²) in [6.07, 6.45) is 4.44. The summed E-state index contributed by atoms with van der Waals surface area (Å²) in [5, 5.41) is 0. The second-order valence-electron chi connectivity index (χ2n) is 5.22. The van der Waals surface area contributed by atoms with E-state index in [0.717, 1.165) is 24.7 Å². The summed E-state index contributed by atoms with van der Waals surface area (Å²) in [6.45, 7) is 8.81.